The van der Waals surface area contributed by atoms with Crippen LogP contribution < -0.4 is 10.6 Å². The highest BCUT2D eigenvalue weighted by molar-refractivity contribution is 9.10. The van der Waals surface area contributed by atoms with Gasteiger partial charge in [0, 0.05) is 28.2 Å². The van der Waals surface area contributed by atoms with Crippen molar-refractivity contribution in [2.45, 2.75) is 65.6 Å². The third kappa shape index (κ3) is 7.42. The average Bonchev–Trinajstić information content (AvgIpc) is 2.39. The first-order valence-electron chi connectivity index (χ1n) is 8.15. The van der Waals surface area contributed by atoms with Crippen LogP contribution in [0.2, 0.25) is 0 Å². The summed E-state index contributed by atoms with van der Waals surface area (Å²) in [5, 5.41) is 5.62. The molecular formula is C18H26BrFN2O3. The number of benzene rings is 1. The molecule has 0 saturated heterocycles. The summed E-state index contributed by atoms with van der Waals surface area (Å²) in [5.74, 6) is -0.783. The number of carbonyl (C=O) groups is 2. The zero-order chi connectivity index (χ0) is 19.4. The summed E-state index contributed by atoms with van der Waals surface area (Å²) in [4.78, 5) is 24.2. The van der Waals surface area contributed by atoms with Crippen LogP contribution in [-0.2, 0) is 16.0 Å². The van der Waals surface area contributed by atoms with Gasteiger partial charge in [-0.25, -0.2) is 9.18 Å². The Labute approximate surface area is 156 Å². The van der Waals surface area contributed by atoms with Gasteiger partial charge in [-0.15, -0.1) is 0 Å². The van der Waals surface area contributed by atoms with Crippen molar-refractivity contribution in [2.24, 2.45) is 0 Å². The van der Waals surface area contributed by atoms with Crippen molar-refractivity contribution in [1.29, 1.82) is 0 Å². The summed E-state index contributed by atoms with van der Waals surface area (Å²) in [7, 11) is 0. The van der Waals surface area contributed by atoms with Gasteiger partial charge in [0.05, 0.1) is 6.04 Å². The molecule has 0 aliphatic rings. The van der Waals surface area contributed by atoms with Crippen LogP contribution in [0.25, 0.3) is 0 Å². The van der Waals surface area contributed by atoms with Crippen molar-refractivity contribution in [1.82, 2.24) is 5.32 Å². The fourth-order valence-corrected chi connectivity index (χ4v) is 2.54. The zero-order valence-corrected chi connectivity index (χ0v) is 17.1. The highest BCUT2D eigenvalue weighted by Crippen LogP contribution is 2.26. The molecule has 0 aliphatic carbocycles. The maximum Gasteiger partial charge on any atom is 0.408 e. The number of Topliss-reactive ketones (excluding diaryl/α,β-unsaturated/α-hetero) is 1. The molecule has 1 amide bonds. The van der Waals surface area contributed by atoms with Crippen LogP contribution in [0.4, 0.5) is 14.9 Å². The first-order valence-corrected chi connectivity index (χ1v) is 8.95. The van der Waals surface area contributed by atoms with E-state index in [0.717, 1.165) is 0 Å². The molecule has 2 N–H and O–H groups in total. The number of carbonyl (C=O) groups excluding carboxylic acids is 2. The molecular weight excluding hydrogens is 391 g/mol. The standard InChI is InChI=1S/C18H26BrFN2O3/c1-10(2)21-15-8-12(19)7-14(20)13(15)9-16(23)11(3)22-17(24)25-18(4,5)6/h7-8,10-11,21H,9H2,1-6H3,(H,22,24). The number of hydrogen-bond donors (Lipinski definition) is 2. The number of hydrogen-bond acceptors (Lipinski definition) is 4. The topological polar surface area (TPSA) is 67.4 Å². The Morgan fingerprint density at radius 2 is 1.84 bits per heavy atom. The largest absolute Gasteiger partial charge is 0.444 e. The summed E-state index contributed by atoms with van der Waals surface area (Å²) >= 11 is 3.25. The van der Waals surface area contributed by atoms with Crippen LogP contribution in [-0.4, -0.2) is 29.6 Å². The van der Waals surface area contributed by atoms with Crippen molar-refractivity contribution in [3.05, 3.63) is 28.0 Å². The first-order chi connectivity index (χ1) is 11.4. The number of halogens is 2. The molecule has 0 radical (unpaired) electrons. The Hall–Kier alpha value is -1.63. The molecule has 5 nitrogen and oxygen atoms in total. The lowest BCUT2D eigenvalue weighted by atomic mass is 10.0. The Morgan fingerprint density at radius 1 is 1.24 bits per heavy atom. The molecule has 0 saturated carbocycles. The summed E-state index contributed by atoms with van der Waals surface area (Å²) < 4.78 is 20.1. The van der Waals surface area contributed by atoms with Crippen molar-refractivity contribution in [3.8, 4) is 0 Å². The minimum absolute atomic E-state index is 0.0832. The summed E-state index contributed by atoms with van der Waals surface area (Å²) in [5.41, 5.74) is 0.179. The predicted molar refractivity (Wildman–Crippen MR) is 100 cm³/mol. The van der Waals surface area contributed by atoms with Gasteiger partial charge in [0.1, 0.15) is 11.4 Å². The molecule has 1 unspecified atom stereocenters. The summed E-state index contributed by atoms with van der Waals surface area (Å²) in [6.45, 7) is 10.6. The van der Waals surface area contributed by atoms with Crippen molar-refractivity contribution >= 4 is 33.5 Å². The van der Waals surface area contributed by atoms with E-state index in [1.165, 1.54) is 6.07 Å². The number of rotatable bonds is 6. The van der Waals surface area contributed by atoms with E-state index in [1.807, 2.05) is 13.8 Å². The second-order valence-electron chi connectivity index (χ2n) is 7.22. The molecule has 25 heavy (non-hydrogen) atoms. The Bertz CT molecular complexity index is 642. The predicted octanol–water partition coefficient (Wildman–Crippen LogP) is 4.43. The lowest BCUT2D eigenvalue weighted by molar-refractivity contribution is -0.120. The van der Waals surface area contributed by atoms with Gasteiger partial charge in [0.25, 0.3) is 0 Å². The van der Waals surface area contributed by atoms with E-state index < -0.39 is 23.6 Å². The number of amides is 1. The lowest BCUT2D eigenvalue weighted by Crippen LogP contribution is -2.42. The number of ketones is 1. The van der Waals surface area contributed by atoms with Crippen LogP contribution in [0, 0.1) is 5.82 Å². The third-order valence-electron chi connectivity index (χ3n) is 3.17. The monoisotopic (exact) mass is 416 g/mol. The minimum Gasteiger partial charge on any atom is -0.444 e. The maximum absolute atomic E-state index is 14.3. The van der Waals surface area contributed by atoms with Crippen LogP contribution in [0.15, 0.2) is 16.6 Å². The minimum atomic E-state index is -0.787. The van der Waals surface area contributed by atoms with Crippen LogP contribution in [0.5, 0.6) is 0 Å². The van der Waals surface area contributed by atoms with Gasteiger partial charge in [0.2, 0.25) is 0 Å². The normalized spacial score (nSPS) is 12.7. The van der Waals surface area contributed by atoms with E-state index in [2.05, 4.69) is 26.6 Å². The van der Waals surface area contributed by atoms with Gasteiger partial charge in [-0.1, -0.05) is 15.9 Å². The smallest absolute Gasteiger partial charge is 0.408 e. The molecule has 0 bridgehead atoms. The van der Waals surface area contributed by atoms with Gasteiger partial charge in [-0.05, 0) is 53.7 Å². The molecule has 0 heterocycles. The Kier molecular flexibility index (Phi) is 7.41. The van der Waals surface area contributed by atoms with Gasteiger partial charge >= 0.3 is 6.09 Å². The number of ether oxygens (including phenoxy) is 1. The molecule has 1 rings (SSSR count). The second-order valence-corrected chi connectivity index (χ2v) is 8.14. The SMILES string of the molecule is CC(C)Nc1cc(Br)cc(F)c1CC(=O)C(C)NC(=O)OC(C)(C)C. The zero-order valence-electron chi connectivity index (χ0n) is 15.5. The van der Waals surface area contributed by atoms with E-state index in [-0.39, 0.29) is 23.8 Å². The quantitative estimate of drug-likeness (QED) is 0.719. The van der Waals surface area contributed by atoms with Gasteiger partial charge in [-0.2, -0.15) is 0 Å². The van der Waals surface area contributed by atoms with Crippen molar-refractivity contribution < 1.29 is 18.7 Å². The lowest BCUT2D eigenvalue weighted by Gasteiger charge is -2.22. The maximum atomic E-state index is 14.3. The molecule has 1 aromatic rings. The number of nitrogens with one attached hydrogen (secondary N) is 2. The van der Waals surface area contributed by atoms with E-state index in [0.29, 0.717) is 10.2 Å². The van der Waals surface area contributed by atoms with E-state index in [4.69, 9.17) is 4.74 Å². The fraction of sp³-hybridized carbons (Fsp3) is 0.556. The van der Waals surface area contributed by atoms with Crippen molar-refractivity contribution in [3.63, 3.8) is 0 Å². The van der Waals surface area contributed by atoms with Gasteiger partial charge < -0.3 is 15.4 Å². The van der Waals surface area contributed by atoms with Crippen molar-refractivity contribution in [2.75, 3.05) is 5.32 Å². The highest BCUT2D eigenvalue weighted by atomic mass is 79.9. The van der Waals surface area contributed by atoms with E-state index in [1.54, 1.807) is 33.8 Å². The number of alkyl carbamates (subject to hydrolysis) is 1. The van der Waals surface area contributed by atoms with E-state index >= 15 is 0 Å². The van der Waals surface area contributed by atoms with Crippen LogP contribution in [0.3, 0.4) is 0 Å². The first kappa shape index (κ1) is 21.4. The molecule has 1 aromatic carbocycles. The molecule has 0 fully saturated rings. The molecule has 0 aliphatic heterocycles. The Morgan fingerprint density at radius 3 is 2.36 bits per heavy atom. The van der Waals surface area contributed by atoms with Crippen LogP contribution >= 0.6 is 15.9 Å². The number of anilines is 1. The Balaban J connectivity index is 2.87. The third-order valence-corrected chi connectivity index (χ3v) is 3.63. The fourth-order valence-electron chi connectivity index (χ4n) is 2.12. The molecule has 0 spiro atoms. The molecule has 140 valence electrons. The second kappa shape index (κ2) is 8.65. The molecule has 1 atom stereocenters. The van der Waals surface area contributed by atoms with Crippen LogP contribution in [0.1, 0.15) is 47.1 Å². The van der Waals surface area contributed by atoms with E-state index in [9.17, 15) is 14.0 Å². The summed E-state index contributed by atoms with van der Waals surface area (Å²) in [6, 6.07) is 2.35. The summed E-state index contributed by atoms with van der Waals surface area (Å²) in [6.07, 6.45) is -0.810. The molecule has 7 heteroatoms. The molecule has 0 aromatic heterocycles. The average molecular weight is 417 g/mol. The highest BCUT2D eigenvalue weighted by Gasteiger charge is 2.23. The van der Waals surface area contributed by atoms with Gasteiger partial charge in [-0.3, -0.25) is 4.79 Å². The van der Waals surface area contributed by atoms with Gasteiger partial charge in [0.15, 0.2) is 5.78 Å².